The molecule has 0 N–H and O–H groups in total. The third-order valence-corrected chi connectivity index (χ3v) is 2.85. The molecule has 2 aromatic rings. The molecule has 0 aliphatic heterocycles. The second kappa shape index (κ2) is 6.53. The van der Waals surface area contributed by atoms with Gasteiger partial charge in [-0.2, -0.15) is 5.26 Å². The van der Waals surface area contributed by atoms with Crippen LogP contribution in [0.4, 0.5) is 0 Å². The van der Waals surface area contributed by atoms with Gasteiger partial charge in [0.15, 0.2) is 0 Å². The molecule has 0 spiro atoms. The molecule has 0 aliphatic rings. The van der Waals surface area contributed by atoms with Gasteiger partial charge in [-0.15, -0.1) is 0 Å². The molecule has 3 nitrogen and oxygen atoms in total. The molecule has 1 aromatic heterocycles. The molecule has 0 radical (unpaired) electrons. The highest BCUT2D eigenvalue weighted by molar-refractivity contribution is 5.49. The van der Waals surface area contributed by atoms with Gasteiger partial charge in [-0.05, 0) is 37.1 Å². The molecule has 2 rings (SSSR count). The summed E-state index contributed by atoms with van der Waals surface area (Å²) in [7, 11) is 0. The number of pyridine rings is 1. The van der Waals surface area contributed by atoms with Crippen LogP contribution in [0, 0.1) is 25.2 Å². The molecule has 100 valence electrons. The van der Waals surface area contributed by atoms with Gasteiger partial charge in [-0.25, -0.2) is 4.98 Å². The van der Waals surface area contributed by atoms with Crippen molar-refractivity contribution < 1.29 is 4.74 Å². The molecule has 0 bridgehead atoms. The van der Waals surface area contributed by atoms with Gasteiger partial charge in [0.1, 0.15) is 18.2 Å². The third-order valence-electron chi connectivity index (χ3n) is 2.85. The van der Waals surface area contributed by atoms with Gasteiger partial charge in [0.2, 0.25) is 5.88 Å². The zero-order chi connectivity index (χ0) is 14.4. The molecule has 0 amide bonds. The van der Waals surface area contributed by atoms with E-state index in [4.69, 9.17) is 10.00 Å². The van der Waals surface area contributed by atoms with E-state index < -0.39 is 0 Å². The van der Waals surface area contributed by atoms with Gasteiger partial charge < -0.3 is 4.74 Å². The molecule has 20 heavy (non-hydrogen) atoms. The highest BCUT2D eigenvalue weighted by Gasteiger charge is 2.08. The number of nitriles is 1. The topological polar surface area (TPSA) is 45.9 Å². The summed E-state index contributed by atoms with van der Waals surface area (Å²) in [5.74, 6) is 0.405. The van der Waals surface area contributed by atoms with E-state index in [1.54, 1.807) is 0 Å². The molecule has 1 heterocycles. The van der Waals surface area contributed by atoms with E-state index in [9.17, 15) is 0 Å². The van der Waals surface area contributed by atoms with E-state index in [2.05, 4.69) is 11.1 Å². The molecule has 1 aromatic carbocycles. The Bertz CT molecular complexity index is 655. The fourth-order valence-electron chi connectivity index (χ4n) is 1.92. The van der Waals surface area contributed by atoms with Crippen LogP contribution in [0.2, 0.25) is 0 Å². The summed E-state index contributed by atoms with van der Waals surface area (Å²) >= 11 is 0. The van der Waals surface area contributed by atoms with Gasteiger partial charge in [-0.3, -0.25) is 0 Å². The molecule has 0 fully saturated rings. The monoisotopic (exact) mass is 264 g/mol. The Morgan fingerprint density at radius 2 is 2.00 bits per heavy atom. The fourth-order valence-corrected chi connectivity index (χ4v) is 1.92. The SMILES string of the molecule is Cc1cc(C)c(C#N)c(OCC=Cc2ccccc2)n1. The average molecular weight is 264 g/mol. The molecular formula is C17H16N2O. The predicted octanol–water partition coefficient (Wildman–Crippen LogP) is 3.66. The number of ether oxygens (including phenoxy) is 1. The Hall–Kier alpha value is -2.60. The van der Waals surface area contributed by atoms with Gasteiger partial charge in [0.25, 0.3) is 0 Å². The van der Waals surface area contributed by atoms with Crippen LogP contribution in [-0.2, 0) is 0 Å². The number of rotatable bonds is 4. The standard InChI is InChI=1S/C17H16N2O/c1-13-11-14(2)19-17(16(13)12-18)20-10-6-9-15-7-4-3-5-8-15/h3-9,11H,10H2,1-2H3. The lowest BCUT2D eigenvalue weighted by molar-refractivity contribution is 0.347. The number of aryl methyl sites for hydroxylation is 2. The first kappa shape index (κ1) is 13.8. The minimum absolute atomic E-state index is 0.388. The summed E-state index contributed by atoms with van der Waals surface area (Å²) in [5, 5.41) is 9.14. The predicted molar refractivity (Wildman–Crippen MR) is 79.4 cm³/mol. The van der Waals surface area contributed by atoms with Crippen molar-refractivity contribution in [2.45, 2.75) is 13.8 Å². The van der Waals surface area contributed by atoms with E-state index in [-0.39, 0.29) is 0 Å². The van der Waals surface area contributed by atoms with Crippen molar-refractivity contribution >= 4 is 6.08 Å². The van der Waals surface area contributed by atoms with Crippen LogP contribution in [0.3, 0.4) is 0 Å². The highest BCUT2D eigenvalue weighted by atomic mass is 16.5. The van der Waals surface area contributed by atoms with Crippen LogP contribution in [0.25, 0.3) is 6.08 Å². The number of benzene rings is 1. The fraction of sp³-hybridized carbons (Fsp3) is 0.176. The first-order valence-corrected chi connectivity index (χ1v) is 6.43. The van der Waals surface area contributed by atoms with E-state index in [1.165, 1.54) is 0 Å². The molecular weight excluding hydrogens is 248 g/mol. The zero-order valence-corrected chi connectivity index (χ0v) is 11.6. The minimum Gasteiger partial charge on any atom is -0.472 e. The quantitative estimate of drug-likeness (QED) is 0.846. The Balaban J connectivity index is 2.05. The van der Waals surface area contributed by atoms with Crippen LogP contribution in [0.5, 0.6) is 5.88 Å². The second-order valence-electron chi connectivity index (χ2n) is 4.50. The Kier molecular flexibility index (Phi) is 4.52. The summed E-state index contributed by atoms with van der Waals surface area (Å²) in [6.07, 6.45) is 3.89. The van der Waals surface area contributed by atoms with Crippen LogP contribution < -0.4 is 4.74 Å². The Morgan fingerprint density at radius 1 is 1.25 bits per heavy atom. The second-order valence-corrected chi connectivity index (χ2v) is 4.50. The van der Waals surface area contributed by atoms with Crippen molar-refractivity contribution in [2.24, 2.45) is 0 Å². The smallest absolute Gasteiger partial charge is 0.232 e. The van der Waals surface area contributed by atoms with Gasteiger partial charge in [-0.1, -0.05) is 36.4 Å². The maximum Gasteiger partial charge on any atom is 0.232 e. The number of hydrogen-bond donors (Lipinski definition) is 0. The van der Waals surface area contributed by atoms with Gasteiger partial charge >= 0.3 is 0 Å². The summed E-state index contributed by atoms with van der Waals surface area (Å²) in [6, 6.07) is 14.0. The molecule has 0 atom stereocenters. The molecule has 3 heteroatoms. The van der Waals surface area contributed by atoms with Crippen molar-refractivity contribution in [3.8, 4) is 11.9 Å². The highest BCUT2D eigenvalue weighted by Crippen LogP contribution is 2.19. The van der Waals surface area contributed by atoms with Crippen molar-refractivity contribution in [3.63, 3.8) is 0 Å². The van der Waals surface area contributed by atoms with E-state index in [0.29, 0.717) is 18.1 Å². The van der Waals surface area contributed by atoms with Gasteiger partial charge in [0.05, 0.1) is 0 Å². The van der Waals surface area contributed by atoms with E-state index in [1.807, 2.05) is 62.4 Å². The number of nitrogens with zero attached hydrogens (tertiary/aromatic N) is 2. The number of hydrogen-bond acceptors (Lipinski definition) is 3. The van der Waals surface area contributed by atoms with Crippen molar-refractivity contribution in [3.05, 3.63) is 64.9 Å². The summed E-state index contributed by atoms with van der Waals surface area (Å²) in [5.41, 5.74) is 3.36. The first-order chi connectivity index (χ1) is 9.70. The lowest BCUT2D eigenvalue weighted by atomic mass is 10.1. The Morgan fingerprint density at radius 3 is 2.70 bits per heavy atom. The van der Waals surface area contributed by atoms with E-state index in [0.717, 1.165) is 16.8 Å². The van der Waals surface area contributed by atoms with Crippen LogP contribution in [0.1, 0.15) is 22.4 Å². The lowest BCUT2D eigenvalue weighted by Crippen LogP contribution is -2.01. The van der Waals surface area contributed by atoms with Crippen LogP contribution >= 0.6 is 0 Å². The van der Waals surface area contributed by atoms with Crippen molar-refractivity contribution in [2.75, 3.05) is 6.61 Å². The number of aromatic nitrogens is 1. The van der Waals surface area contributed by atoms with Crippen LogP contribution in [0.15, 0.2) is 42.5 Å². The van der Waals surface area contributed by atoms with Crippen molar-refractivity contribution in [1.29, 1.82) is 5.26 Å². The maximum absolute atomic E-state index is 9.14. The average Bonchev–Trinajstić information content (AvgIpc) is 2.44. The first-order valence-electron chi connectivity index (χ1n) is 6.43. The Labute approximate surface area is 119 Å². The minimum atomic E-state index is 0.388. The maximum atomic E-state index is 9.14. The zero-order valence-electron chi connectivity index (χ0n) is 11.6. The van der Waals surface area contributed by atoms with Crippen LogP contribution in [-0.4, -0.2) is 11.6 Å². The molecule has 0 unspecified atom stereocenters. The molecule has 0 aliphatic carbocycles. The summed E-state index contributed by atoms with van der Waals surface area (Å²) in [6.45, 7) is 4.17. The largest absolute Gasteiger partial charge is 0.472 e. The summed E-state index contributed by atoms with van der Waals surface area (Å²) < 4.78 is 5.59. The molecule has 0 saturated heterocycles. The summed E-state index contributed by atoms with van der Waals surface area (Å²) in [4.78, 5) is 4.27. The third kappa shape index (κ3) is 3.46. The molecule has 0 saturated carbocycles. The normalized spacial score (nSPS) is 10.4. The van der Waals surface area contributed by atoms with E-state index >= 15 is 0 Å². The van der Waals surface area contributed by atoms with Crippen molar-refractivity contribution in [1.82, 2.24) is 4.98 Å². The lowest BCUT2D eigenvalue weighted by Gasteiger charge is -2.07. The van der Waals surface area contributed by atoms with Gasteiger partial charge in [0, 0.05) is 5.69 Å².